The summed E-state index contributed by atoms with van der Waals surface area (Å²) in [6, 6.07) is 3.79. The third kappa shape index (κ3) is 4.20. The first-order chi connectivity index (χ1) is 14.2. The van der Waals surface area contributed by atoms with Crippen molar-refractivity contribution in [1.29, 1.82) is 0 Å². The summed E-state index contributed by atoms with van der Waals surface area (Å²) < 4.78 is 18.8. The van der Waals surface area contributed by atoms with Crippen molar-refractivity contribution in [3.8, 4) is 0 Å². The van der Waals surface area contributed by atoms with Crippen molar-refractivity contribution < 1.29 is 28.6 Å². The third-order valence-corrected chi connectivity index (χ3v) is 5.22. The van der Waals surface area contributed by atoms with E-state index in [1.165, 1.54) is 18.2 Å². The van der Waals surface area contributed by atoms with Gasteiger partial charge in [0.15, 0.2) is 6.10 Å². The molecule has 0 saturated heterocycles. The zero-order valence-corrected chi connectivity index (χ0v) is 16.9. The number of ether oxygens (including phenoxy) is 1. The fraction of sp³-hybridized carbons (Fsp3) is 0.381. The number of carboxylic acids is 1. The average molecular weight is 417 g/mol. The van der Waals surface area contributed by atoms with Crippen molar-refractivity contribution in [1.82, 2.24) is 10.6 Å². The van der Waals surface area contributed by atoms with E-state index in [4.69, 9.17) is 9.84 Å². The summed E-state index contributed by atoms with van der Waals surface area (Å²) >= 11 is 0. The Morgan fingerprint density at radius 2 is 2.13 bits per heavy atom. The molecule has 3 unspecified atom stereocenters. The van der Waals surface area contributed by atoms with Crippen molar-refractivity contribution in [3.05, 3.63) is 46.9 Å². The number of hydrogen-bond acceptors (Lipinski definition) is 5. The molecule has 0 spiro atoms. The Morgan fingerprint density at radius 1 is 1.40 bits per heavy atom. The topological polar surface area (TPSA) is 117 Å². The van der Waals surface area contributed by atoms with Crippen molar-refractivity contribution >= 4 is 29.0 Å². The molecule has 4 N–H and O–H groups in total. The van der Waals surface area contributed by atoms with E-state index in [0.29, 0.717) is 28.1 Å². The highest BCUT2D eigenvalue weighted by atomic mass is 19.1. The number of nitrogens with one attached hydrogen (secondary N) is 3. The van der Waals surface area contributed by atoms with E-state index < -0.39 is 23.8 Å². The maximum atomic E-state index is 13.6. The number of benzene rings is 1. The number of halogens is 1. The van der Waals surface area contributed by atoms with Gasteiger partial charge in [-0.2, -0.15) is 0 Å². The van der Waals surface area contributed by atoms with E-state index >= 15 is 0 Å². The van der Waals surface area contributed by atoms with Crippen LogP contribution in [0.2, 0.25) is 0 Å². The van der Waals surface area contributed by atoms with Gasteiger partial charge in [0.25, 0.3) is 5.91 Å². The van der Waals surface area contributed by atoms with Crippen molar-refractivity contribution in [3.63, 3.8) is 0 Å². The summed E-state index contributed by atoms with van der Waals surface area (Å²) in [6.45, 7) is 5.33. The number of rotatable bonds is 7. The molecule has 1 aromatic rings. The lowest BCUT2D eigenvalue weighted by atomic mass is 9.95. The second kappa shape index (κ2) is 8.66. The number of fused-ring (bicyclic) bond motifs is 1. The van der Waals surface area contributed by atoms with Gasteiger partial charge in [0.1, 0.15) is 5.82 Å². The number of carboxylic acid groups (broad SMARTS) is 1. The van der Waals surface area contributed by atoms with E-state index in [0.717, 1.165) is 0 Å². The Labute approximate surface area is 173 Å². The average Bonchev–Trinajstić information content (AvgIpc) is 3.14. The molecule has 1 aromatic carbocycles. The van der Waals surface area contributed by atoms with Gasteiger partial charge >= 0.3 is 5.97 Å². The molecule has 0 aromatic heterocycles. The Kier molecular flexibility index (Phi) is 6.21. The van der Waals surface area contributed by atoms with Crippen LogP contribution in [0.4, 0.5) is 10.1 Å². The SMILES string of the molecule is CCOC(CNC(=O)C1C(C)=C(/C=C2\C(=O)Nc3ccc(F)cc32)NC1C)C(=O)O. The fourth-order valence-corrected chi connectivity index (χ4v) is 3.73. The van der Waals surface area contributed by atoms with Gasteiger partial charge in [-0.3, -0.25) is 9.59 Å². The Hall–Kier alpha value is -3.20. The number of allylic oxidation sites excluding steroid dienone is 1. The number of hydrogen-bond donors (Lipinski definition) is 4. The molecule has 2 amide bonds. The van der Waals surface area contributed by atoms with Crippen LogP contribution in [0, 0.1) is 11.7 Å². The van der Waals surface area contributed by atoms with Gasteiger partial charge < -0.3 is 25.8 Å². The largest absolute Gasteiger partial charge is 0.479 e. The van der Waals surface area contributed by atoms with E-state index in [1.807, 2.05) is 6.92 Å². The molecule has 2 heterocycles. The highest BCUT2D eigenvalue weighted by molar-refractivity contribution is 6.31. The minimum Gasteiger partial charge on any atom is -0.479 e. The number of amides is 2. The maximum Gasteiger partial charge on any atom is 0.334 e. The van der Waals surface area contributed by atoms with Crippen LogP contribution in [0.3, 0.4) is 0 Å². The van der Waals surface area contributed by atoms with E-state index in [1.54, 1.807) is 19.9 Å². The summed E-state index contributed by atoms with van der Waals surface area (Å²) in [5.74, 6) is -2.84. The molecule has 0 aliphatic carbocycles. The minimum absolute atomic E-state index is 0.149. The number of carbonyl (C=O) groups is 3. The minimum atomic E-state index is -1.15. The van der Waals surface area contributed by atoms with Crippen LogP contribution in [0.25, 0.3) is 5.57 Å². The quantitative estimate of drug-likeness (QED) is 0.501. The Bertz CT molecular complexity index is 956. The van der Waals surface area contributed by atoms with Crippen LogP contribution in [0.15, 0.2) is 35.5 Å². The second-order valence-corrected chi connectivity index (χ2v) is 7.24. The van der Waals surface area contributed by atoms with Crippen LogP contribution in [-0.2, 0) is 19.1 Å². The first kappa shape index (κ1) is 21.5. The zero-order valence-electron chi connectivity index (χ0n) is 16.9. The monoisotopic (exact) mass is 417 g/mol. The standard InChI is InChI=1S/C21H24FN3O5/c1-4-30-17(21(28)29)9-23-20(27)18-10(2)16(24-11(18)3)8-14-13-7-12(22)5-6-15(13)25-19(14)26/h5-8,11,17-18,24H,4,9H2,1-3H3,(H,23,27)(H,25,26)(H,28,29)/b14-8-. The van der Waals surface area contributed by atoms with Crippen LogP contribution >= 0.6 is 0 Å². The Balaban J connectivity index is 1.80. The van der Waals surface area contributed by atoms with Gasteiger partial charge in [-0.15, -0.1) is 0 Å². The fourth-order valence-electron chi connectivity index (χ4n) is 3.73. The summed E-state index contributed by atoms with van der Waals surface area (Å²) in [5, 5.41) is 17.6. The predicted octanol–water partition coefficient (Wildman–Crippen LogP) is 1.65. The molecular formula is C21H24FN3O5. The lowest BCUT2D eigenvalue weighted by molar-refractivity contribution is -0.150. The zero-order chi connectivity index (χ0) is 22.0. The highest BCUT2D eigenvalue weighted by Gasteiger charge is 2.35. The molecule has 3 rings (SSSR count). The maximum absolute atomic E-state index is 13.6. The van der Waals surface area contributed by atoms with Crippen molar-refractivity contribution in [2.24, 2.45) is 5.92 Å². The van der Waals surface area contributed by atoms with Gasteiger partial charge in [-0.05, 0) is 50.6 Å². The van der Waals surface area contributed by atoms with Gasteiger partial charge in [0, 0.05) is 29.6 Å². The first-order valence-corrected chi connectivity index (χ1v) is 9.65. The van der Waals surface area contributed by atoms with Crippen molar-refractivity contribution in [2.45, 2.75) is 32.9 Å². The van der Waals surface area contributed by atoms with Crippen LogP contribution in [0.5, 0.6) is 0 Å². The number of aliphatic carboxylic acids is 1. The van der Waals surface area contributed by atoms with Crippen LogP contribution in [0.1, 0.15) is 26.3 Å². The molecule has 30 heavy (non-hydrogen) atoms. The molecule has 2 aliphatic heterocycles. The molecule has 0 saturated carbocycles. The third-order valence-electron chi connectivity index (χ3n) is 5.22. The second-order valence-electron chi connectivity index (χ2n) is 7.24. The van der Waals surface area contributed by atoms with Crippen LogP contribution < -0.4 is 16.0 Å². The molecule has 0 bridgehead atoms. The predicted molar refractivity (Wildman–Crippen MR) is 108 cm³/mol. The van der Waals surface area contributed by atoms with Gasteiger partial charge in [0.2, 0.25) is 5.91 Å². The molecule has 8 nitrogen and oxygen atoms in total. The normalized spacial score (nSPS) is 22.5. The smallest absolute Gasteiger partial charge is 0.334 e. The molecular weight excluding hydrogens is 393 g/mol. The van der Waals surface area contributed by atoms with Gasteiger partial charge in [-0.1, -0.05) is 0 Å². The molecule has 0 radical (unpaired) electrons. The molecule has 3 atom stereocenters. The summed E-state index contributed by atoms with van der Waals surface area (Å²) in [5.41, 5.74) is 2.60. The molecule has 0 fully saturated rings. The van der Waals surface area contributed by atoms with E-state index in [-0.39, 0.29) is 31.0 Å². The number of anilines is 1. The van der Waals surface area contributed by atoms with Gasteiger partial charge in [0.05, 0.1) is 18.0 Å². The summed E-state index contributed by atoms with van der Waals surface area (Å²) in [4.78, 5) is 36.2. The first-order valence-electron chi connectivity index (χ1n) is 9.65. The molecule has 2 aliphatic rings. The van der Waals surface area contributed by atoms with Crippen LogP contribution in [-0.4, -0.2) is 48.2 Å². The summed E-state index contributed by atoms with van der Waals surface area (Å²) in [7, 11) is 0. The van der Waals surface area contributed by atoms with Crippen molar-refractivity contribution in [2.75, 3.05) is 18.5 Å². The molecule has 160 valence electrons. The van der Waals surface area contributed by atoms with E-state index in [9.17, 15) is 18.8 Å². The summed E-state index contributed by atoms with van der Waals surface area (Å²) in [6.07, 6.45) is 0.489. The molecule has 9 heteroatoms. The number of carbonyl (C=O) groups excluding carboxylic acids is 2. The lowest BCUT2D eigenvalue weighted by Crippen LogP contribution is -2.44. The lowest BCUT2D eigenvalue weighted by Gasteiger charge is -2.19. The van der Waals surface area contributed by atoms with E-state index in [2.05, 4.69) is 16.0 Å². The van der Waals surface area contributed by atoms with Gasteiger partial charge in [-0.25, -0.2) is 9.18 Å². The highest BCUT2D eigenvalue weighted by Crippen LogP contribution is 2.35. The Morgan fingerprint density at radius 3 is 2.80 bits per heavy atom.